The van der Waals surface area contributed by atoms with Gasteiger partial charge in [-0.2, -0.15) is 5.26 Å². The van der Waals surface area contributed by atoms with Gasteiger partial charge in [0.05, 0.1) is 17.2 Å². The van der Waals surface area contributed by atoms with E-state index in [0.717, 1.165) is 78.2 Å². The molecule has 3 aromatic rings. The van der Waals surface area contributed by atoms with Gasteiger partial charge in [0.15, 0.2) is 0 Å². The third-order valence-electron chi connectivity index (χ3n) is 7.33. The number of esters is 1. The smallest absolute Gasteiger partial charge is 0.332 e. The number of nitrogens with zero attached hydrogens (tertiary/aromatic N) is 3. The summed E-state index contributed by atoms with van der Waals surface area (Å²) < 4.78 is 16.3. The molecule has 0 radical (unpaired) electrons. The summed E-state index contributed by atoms with van der Waals surface area (Å²) in [5, 5.41) is 13.8. The first-order chi connectivity index (χ1) is 19.0. The highest BCUT2D eigenvalue weighted by molar-refractivity contribution is 5.76. The molecular formula is C33H41N3O4. The molecule has 1 aliphatic rings. The minimum Gasteiger partial charge on any atom is -0.458 e. The molecule has 0 N–H and O–H groups in total. The predicted molar refractivity (Wildman–Crippen MR) is 157 cm³/mol. The highest BCUT2D eigenvalue weighted by Crippen LogP contribution is 2.48. The zero-order valence-corrected chi connectivity index (χ0v) is 24.7. The highest BCUT2D eigenvalue weighted by Gasteiger charge is 2.44. The van der Waals surface area contributed by atoms with Gasteiger partial charge in [-0.3, -0.25) is 0 Å². The van der Waals surface area contributed by atoms with Crippen molar-refractivity contribution in [2.75, 3.05) is 24.7 Å². The number of hydrogen-bond donors (Lipinski definition) is 0. The fourth-order valence-electron chi connectivity index (χ4n) is 5.07. The molecular weight excluding hydrogens is 502 g/mol. The molecule has 0 unspecified atom stereocenters. The van der Waals surface area contributed by atoms with Gasteiger partial charge in [0.25, 0.3) is 0 Å². The Balaban J connectivity index is 1.47. The van der Waals surface area contributed by atoms with Gasteiger partial charge < -0.3 is 18.9 Å². The molecule has 1 aromatic heterocycles. The van der Waals surface area contributed by atoms with E-state index in [0.29, 0.717) is 6.61 Å². The normalized spacial score (nSPS) is 14.0. The van der Waals surface area contributed by atoms with E-state index in [-0.39, 0.29) is 18.0 Å². The molecule has 40 heavy (non-hydrogen) atoms. The first kappa shape index (κ1) is 29.4. The first-order valence-corrected chi connectivity index (χ1v) is 14.2. The first-order valence-electron chi connectivity index (χ1n) is 14.2. The van der Waals surface area contributed by atoms with Gasteiger partial charge in [0.2, 0.25) is 0 Å². The maximum atomic E-state index is 11.9. The average molecular weight is 544 g/mol. The van der Waals surface area contributed by atoms with Crippen molar-refractivity contribution in [2.45, 2.75) is 84.7 Å². The van der Waals surface area contributed by atoms with Crippen LogP contribution in [0.2, 0.25) is 0 Å². The molecule has 0 saturated heterocycles. The summed E-state index contributed by atoms with van der Waals surface area (Å²) in [7, 11) is 0. The molecule has 1 aliphatic carbocycles. The van der Waals surface area contributed by atoms with Gasteiger partial charge in [-0.15, -0.1) is 0 Å². The van der Waals surface area contributed by atoms with Crippen molar-refractivity contribution in [1.29, 1.82) is 5.26 Å². The van der Waals surface area contributed by atoms with Gasteiger partial charge in [-0.05, 0) is 109 Å². The van der Waals surface area contributed by atoms with E-state index < -0.39 is 5.60 Å². The summed E-state index contributed by atoms with van der Waals surface area (Å²) in [4.78, 5) is 14.2. The Morgan fingerprint density at radius 2 is 1.80 bits per heavy atom. The fraction of sp³-hybridized carbons (Fsp3) is 0.485. The number of nitriles is 1. The van der Waals surface area contributed by atoms with E-state index in [2.05, 4.69) is 65.5 Å². The average Bonchev–Trinajstić information content (AvgIpc) is 3.64. The summed E-state index contributed by atoms with van der Waals surface area (Å²) in [5.74, 6) is 0.473. The number of anilines is 2. The maximum Gasteiger partial charge on any atom is 0.332 e. The van der Waals surface area contributed by atoms with Crippen molar-refractivity contribution in [1.82, 2.24) is 5.16 Å². The number of unbranched alkanes of at least 4 members (excludes halogenated alkanes) is 2. The summed E-state index contributed by atoms with van der Waals surface area (Å²) in [6, 6.07) is 17.5. The summed E-state index contributed by atoms with van der Waals surface area (Å²) in [6.45, 7) is 12.9. The third kappa shape index (κ3) is 7.11. The lowest BCUT2D eigenvalue weighted by molar-refractivity contribution is -0.160. The van der Waals surface area contributed by atoms with Crippen molar-refractivity contribution in [3.8, 4) is 17.2 Å². The maximum absolute atomic E-state index is 11.9. The van der Waals surface area contributed by atoms with Crippen molar-refractivity contribution >= 4 is 17.3 Å². The summed E-state index contributed by atoms with van der Waals surface area (Å²) in [6.07, 6.45) is 4.64. The number of benzene rings is 2. The quantitative estimate of drug-likeness (QED) is 0.173. The van der Waals surface area contributed by atoms with Gasteiger partial charge >= 0.3 is 5.97 Å². The Kier molecular flexibility index (Phi) is 9.00. The lowest BCUT2D eigenvalue weighted by Crippen LogP contribution is -2.26. The van der Waals surface area contributed by atoms with Crippen LogP contribution in [0, 0.1) is 32.1 Å². The van der Waals surface area contributed by atoms with Gasteiger partial charge in [-0.1, -0.05) is 29.4 Å². The molecule has 1 fully saturated rings. The van der Waals surface area contributed by atoms with Crippen LogP contribution >= 0.6 is 0 Å². The summed E-state index contributed by atoms with van der Waals surface area (Å²) >= 11 is 0. The molecule has 1 heterocycles. The van der Waals surface area contributed by atoms with Gasteiger partial charge in [0.1, 0.15) is 18.0 Å². The predicted octanol–water partition coefficient (Wildman–Crippen LogP) is 7.49. The number of carbonyl (C=O) groups excluding carboxylic acids is 1. The number of rotatable bonds is 12. The topological polar surface area (TPSA) is 88.6 Å². The second kappa shape index (κ2) is 12.3. The number of aromatic nitrogens is 1. The molecule has 212 valence electrons. The number of ether oxygens (including phenoxy) is 2. The van der Waals surface area contributed by atoms with Crippen molar-refractivity contribution < 1.29 is 18.8 Å². The van der Waals surface area contributed by atoms with E-state index >= 15 is 0 Å². The lowest BCUT2D eigenvalue weighted by Gasteiger charge is -2.28. The minimum atomic E-state index is -0.503. The van der Waals surface area contributed by atoms with Crippen LogP contribution in [0.5, 0.6) is 0 Å². The molecule has 0 aliphatic heterocycles. The molecule has 4 rings (SSSR count). The van der Waals surface area contributed by atoms with E-state index in [9.17, 15) is 10.1 Å². The molecule has 7 nitrogen and oxygen atoms in total. The van der Waals surface area contributed by atoms with E-state index in [1.165, 1.54) is 5.56 Å². The number of carbonyl (C=O) groups is 1. The van der Waals surface area contributed by atoms with E-state index in [1.54, 1.807) is 0 Å². The van der Waals surface area contributed by atoms with Crippen LogP contribution in [0.1, 0.15) is 75.5 Å². The monoisotopic (exact) mass is 543 g/mol. The Morgan fingerprint density at radius 1 is 1.07 bits per heavy atom. The zero-order valence-electron chi connectivity index (χ0n) is 24.7. The molecule has 0 spiro atoms. The minimum absolute atomic E-state index is 0.0202. The lowest BCUT2D eigenvalue weighted by atomic mass is 9.97. The van der Waals surface area contributed by atoms with Crippen molar-refractivity contribution in [2.24, 2.45) is 0 Å². The standard InChI is InChI=1S/C33H41N3O4/c1-23-10-11-26(31-24(2)35-40-25(31)3)20-29(23)36(28-14-12-27(13-15-28)33(22-34)16-17-33)18-8-7-9-19-38-21-30(37)39-32(4,5)6/h10-15,20H,7-9,16-19,21H2,1-6H3. The molecule has 7 heteroatoms. The number of hydrogen-bond acceptors (Lipinski definition) is 7. The van der Waals surface area contributed by atoms with Crippen LogP contribution in [0.25, 0.3) is 11.1 Å². The molecule has 0 amide bonds. The fourth-order valence-corrected chi connectivity index (χ4v) is 5.07. The van der Waals surface area contributed by atoms with Crippen LogP contribution < -0.4 is 4.90 Å². The SMILES string of the molecule is Cc1ccc(-c2c(C)noc2C)cc1N(CCCCCOCC(=O)OC(C)(C)C)c1ccc(C2(C#N)CC2)cc1. The molecule has 0 atom stereocenters. The van der Waals surface area contributed by atoms with E-state index in [4.69, 9.17) is 14.0 Å². The van der Waals surface area contributed by atoms with Gasteiger partial charge in [0, 0.05) is 30.1 Å². The van der Waals surface area contributed by atoms with Crippen LogP contribution in [-0.2, 0) is 19.7 Å². The third-order valence-corrected chi connectivity index (χ3v) is 7.33. The Labute approximate surface area is 238 Å². The van der Waals surface area contributed by atoms with E-state index in [1.807, 2.05) is 34.6 Å². The highest BCUT2D eigenvalue weighted by atomic mass is 16.6. The van der Waals surface area contributed by atoms with Crippen LogP contribution in [-0.4, -0.2) is 36.5 Å². The van der Waals surface area contributed by atoms with Crippen molar-refractivity contribution in [3.05, 3.63) is 65.0 Å². The summed E-state index contributed by atoms with van der Waals surface area (Å²) in [5.41, 5.74) is 6.68. The Morgan fingerprint density at radius 3 is 2.40 bits per heavy atom. The van der Waals surface area contributed by atoms with Crippen LogP contribution in [0.4, 0.5) is 11.4 Å². The van der Waals surface area contributed by atoms with Crippen molar-refractivity contribution in [3.63, 3.8) is 0 Å². The van der Waals surface area contributed by atoms with Crippen LogP contribution in [0.15, 0.2) is 47.0 Å². The Hall–Kier alpha value is -3.63. The molecule has 0 bridgehead atoms. The largest absolute Gasteiger partial charge is 0.458 e. The molecule has 1 saturated carbocycles. The van der Waals surface area contributed by atoms with Gasteiger partial charge in [-0.25, -0.2) is 4.79 Å². The molecule has 2 aromatic carbocycles. The second-order valence-electron chi connectivity index (χ2n) is 11.8. The second-order valence-corrected chi connectivity index (χ2v) is 11.8. The number of aryl methyl sites for hydroxylation is 3. The van der Waals surface area contributed by atoms with Crippen LogP contribution in [0.3, 0.4) is 0 Å². The zero-order chi connectivity index (χ0) is 28.9. The Bertz CT molecular complexity index is 1340.